The van der Waals surface area contributed by atoms with Gasteiger partial charge in [-0.2, -0.15) is 0 Å². The number of hydrogen-bond acceptors (Lipinski definition) is 5. The normalized spacial score (nSPS) is 14.2. The average molecular weight is 432 g/mol. The fourth-order valence-electron chi connectivity index (χ4n) is 3.90. The van der Waals surface area contributed by atoms with Crippen LogP contribution in [-0.4, -0.2) is 36.2 Å². The molecule has 0 saturated carbocycles. The summed E-state index contributed by atoms with van der Waals surface area (Å²) in [6, 6.07) is 23.6. The lowest BCUT2D eigenvalue weighted by atomic mass is 10.1. The Balaban J connectivity index is 1.26. The van der Waals surface area contributed by atoms with E-state index in [2.05, 4.69) is 23.1 Å². The van der Waals surface area contributed by atoms with Crippen molar-refractivity contribution in [2.75, 3.05) is 26.2 Å². The highest BCUT2D eigenvalue weighted by atomic mass is 32.1. The summed E-state index contributed by atoms with van der Waals surface area (Å²) in [6.45, 7) is 4.02. The predicted octanol–water partition coefficient (Wildman–Crippen LogP) is 6.54. The number of fused-ring (bicyclic) bond motifs is 1. The van der Waals surface area contributed by atoms with Gasteiger partial charge >= 0.3 is 0 Å². The molecule has 0 atom stereocenters. The second-order valence-corrected chi connectivity index (χ2v) is 8.89. The first-order chi connectivity index (χ1) is 15.2. The summed E-state index contributed by atoms with van der Waals surface area (Å²) < 4.78 is 13.1. The van der Waals surface area contributed by atoms with Gasteiger partial charge in [-0.1, -0.05) is 18.2 Å². The van der Waals surface area contributed by atoms with Gasteiger partial charge in [0, 0.05) is 16.1 Å². The smallest absolute Gasteiger partial charge is 0.169 e. The van der Waals surface area contributed by atoms with E-state index in [0.717, 1.165) is 22.7 Å². The first-order valence-corrected chi connectivity index (χ1v) is 11.5. The summed E-state index contributed by atoms with van der Waals surface area (Å²) in [5.41, 5.74) is 1.02. The summed E-state index contributed by atoms with van der Waals surface area (Å²) >= 11 is 1.73. The Morgan fingerprint density at radius 3 is 2.45 bits per heavy atom. The largest absolute Gasteiger partial charge is 0.504 e. The third kappa shape index (κ3) is 4.68. The number of benzene rings is 3. The summed E-state index contributed by atoms with van der Waals surface area (Å²) in [5.74, 6) is 2.05. The molecule has 0 radical (unpaired) electrons. The Bertz CT molecular complexity index is 1130. The molecular formula is C26H25NO3S. The maximum atomic E-state index is 10.3. The quantitative estimate of drug-likeness (QED) is 0.361. The number of phenolic OH excluding ortho intramolecular Hbond substituents is 1. The van der Waals surface area contributed by atoms with Crippen molar-refractivity contribution in [1.29, 1.82) is 0 Å². The monoisotopic (exact) mass is 431 g/mol. The first-order valence-electron chi connectivity index (χ1n) is 10.7. The molecule has 5 heteroatoms. The van der Waals surface area contributed by atoms with Gasteiger partial charge in [0.1, 0.15) is 18.1 Å². The minimum atomic E-state index is 0.121. The van der Waals surface area contributed by atoms with Crippen molar-refractivity contribution < 1.29 is 14.6 Å². The molecule has 4 aromatic rings. The van der Waals surface area contributed by atoms with Crippen molar-refractivity contribution >= 4 is 21.4 Å². The van der Waals surface area contributed by atoms with Crippen LogP contribution in [0.3, 0.4) is 0 Å². The van der Waals surface area contributed by atoms with E-state index in [1.54, 1.807) is 17.4 Å². The van der Waals surface area contributed by atoms with Crippen molar-refractivity contribution in [3.63, 3.8) is 0 Å². The predicted molar refractivity (Wildman–Crippen MR) is 127 cm³/mol. The van der Waals surface area contributed by atoms with Gasteiger partial charge in [-0.3, -0.25) is 4.90 Å². The van der Waals surface area contributed by atoms with Crippen LogP contribution in [0.2, 0.25) is 0 Å². The molecule has 3 aromatic carbocycles. The first kappa shape index (κ1) is 19.9. The summed E-state index contributed by atoms with van der Waals surface area (Å²) in [7, 11) is 0. The molecule has 1 aliphatic rings. The highest BCUT2D eigenvalue weighted by molar-refractivity contribution is 7.22. The standard InChI is InChI=1S/C26H25NO3S/c28-23-12-7-20(26-18-19-5-1-2-6-25(19)31-26)17-24(23)30-22-10-8-21(9-11-22)29-16-15-27-13-3-4-14-27/h1-2,5-12,17-18,28H,3-4,13-16H2. The molecular weight excluding hydrogens is 406 g/mol. The van der Waals surface area contributed by atoms with E-state index in [4.69, 9.17) is 9.47 Å². The summed E-state index contributed by atoms with van der Waals surface area (Å²) in [4.78, 5) is 3.58. The molecule has 1 N–H and O–H groups in total. The molecule has 31 heavy (non-hydrogen) atoms. The molecule has 1 fully saturated rings. The Morgan fingerprint density at radius 1 is 0.871 bits per heavy atom. The van der Waals surface area contributed by atoms with Crippen molar-refractivity contribution in [2.24, 2.45) is 0 Å². The van der Waals surface area contributed by atoms with E-state index in [-0.39, 0.29) is 5.75 Å². The zero-order valence-electron chi connectivity index (χ0n) is 17.3. The Hall–Kier alpha value is -3.02. The molecule has 0 unspecified atom stereocenters. The van der Waals surface area contributed by atoms with Crippen LogP contribution < -0.4 is 9.47 Å². The molecule has 1 aromatic heterocycles. The van der Waals surface area contributed by atoms with Gasteiger partial charge in [0.15, 0.2) is 11.5 Å². The van der Waals surface area contributed by atoms with E-state index >= 15 is 0 Å². The zero-order valence-corrected chi connectivity index (χ0v) is 18.1. The summed E-state index contributed by atoms with van der Waals surface area (Å²) in [5, 5.41) is 11.5. The van der Waals surface area contributed by atoms with Crippen LogP contribution in [0, 0.1) is 0 Å². The number of nitrogens with zero attached hydrogens (tertiary/aromatic N) is 1. The fraction of sp³-hybridized carbons (Fsp3) is 0.231. The van der Waals surface area contributed by atoms with E-state index in [1.165, 1.54) is 36.0 Å². The highest BCUT2D eigenvalue weighted by Gasteiger charge is 2.12. The van der Waals surface area contributed by atoms with Crippen LogP contribution in [0.25, 0.3) is 20.5 Å². The molecule has 158 valence electrons. The second kappa shape index (κ2) is 9.00. The lowest BCUT2D eigenvalue weighted by Crippen LogP contribution is -2.25. The number of aromatic hydroxyl groups is 1. The van der Waals surface area contributed by atoms with Crippen molar-refractivity contribution in [3.05, 3.63) is 72.8 Å². The number of hydrogen-bond donors (Lipinski definition) is 1. The van der Waals surface area contributed by atoms with Gasteiger partial charge in [-0.25, -0.2) is 0 Å². The van der Waals surface area contributed by atoms with Gasteiger partial charge in [-0.05, 0) is 91.5 Å². The number of phenols is 1. The van der Waals surface area contributed by atoms with Crippen molar-refractivity contribution in [3.8, 4) is 33.4 Å². The summed E-state index contributed by atoms with van der Waals surface area (Å²) in [6.07, 6.45) is 2.59. The van der Waals surface area contributed by atoms with Gasteiger partial charge in [0.2, 0.25) is 0 Å². The van der Waals surface area contributed by atoms with Crippen molar-refractivity contribution in [1.82, 2.24) is 4.90 Å². The fourth-order valence-corrected chi connectivity index (χ4v) is 4.96. The number of rotatable bonds is 7. The molecule has 1 saturated heterocycles. The van der Waals surface area contributed by atoms with E-state index in [9.17, 15) is 5.11 Å². The Labute approximate surface area is 186 Å². The molecule has 0 amide bonds. The maximum Gasteiger partial charge on any atom is 0.169 e. The van der Waals surface area contributed by atoms with Crippen LogP contribution in [0.4, 0.5) is 0 Å². The van der Waals surface area contributed by atoms with Gasteiger partial charge in [-0.15, -0.1) is 11.3 Å². The maximum absolute atomic E-state index is 10.3. The van der Waals surface area contributed by atoms with E-state index in [1.807, 2.05) is 48.5 Å². The lowest BCUT2D eigenvalue weighted by molar-refractivity contribution is 0.237. The van der Waals surface area contributed by atoms with Crippen LogP contribution in [0.15, 0.2) is 72.8 Å². The van der Waals surface area contributed by atoms with Gasteiger partial charge in [0.25, 0.3) is 0 Å². The minimum Gasteiger partial charge on any atom is -0.504 e. The lowest BCUT2D eigenvalue weighted by Gasteiger charge is -2.15. The third-order valence-corrected chi connectivity index (χ3v) is 6.76. The number of ether oxygens (including phenoxy) is 2. The second-order valence-electron chi connectivity index (χ2n) is 7.80. The topological polar surface area (TPSA) is 41.9 Å². The molecule has 0 bridgehead atoms. The van der Waals surface area contributed by atoms with Crippen molar-refractivity contribution in [2.45, 2.75) is 12.8 Å². The Morgan fingerprint density at radius 2 is 1.65 bits per heavy atom. The molecule has 1 aliphatic heterocycles. The molecule has 0 spiro atoms. The SMILES string of the molecule is Oc1ccc(-c2cc3ccccc3s2)cc1Oc1ccc(OCCN2CCCC2)cc1. The molecule has 2 heterocycles. The van der Waals surface area contributed by atoms with Crippen LogP contribution in [-0.2, 0) is 0 Å². The Kier molecular flexibility index (Phi) is 5.78. The zero-order chi connectivity index (χ0) is 21.0. The highest BCUT2D eigenvalue weighted by Crippen LogP contribution is 2.39. The molecule has 4 nitrogen and oxygen atoms in total. The minimum absolute atomic E-state index is 0.121. The third-order valence-electron chi connectivity index (χ3n) is 5.60. The van der Waals surface area contributed by atoms with Gasteiger partial charge in [0.05, 0.1) is 0 Å². The van der Waals surface area contributed by atoms with Crippen LogP contribution >= 0.6 is 11.3 Å². The van der Waals surface area contributed by atoms with E-state index < -0.39 is 0 Å². The molecule has 5 rings (SSSR count). The number of likely N-dealkylation sites (tertiary alicyclic amines) is 1. The number of thiophene rings is 1. The van der Waals surface area contributed by atoms with Crippen LogP contribution in [0.5, 0.6) is 23.0 Å². The van der Waals surface area contributed by atoms with E-state index in [0.29, 0.717) is 18.1 Å². The van der Waals surface area contributed by atoms with Crippen LogP contribution in [0.1, 0.15) is 12.8 Å². The van der Waals surface area contributed by atoms with Gasteiger partial charge < -0.3 is 14.6 Å². The average Bonchev–Trinajstić information content (AvgIpc) is 3.46. The molecule has 0 aliphatic carbocycles.